The second-order valence-electron chi connectivity index (χ2n) is 7.43. The van der Waals surface area contributed by atoms with Crippen LogP contribution in [-0.4, -0.2) is 42.9 Å². The van der Waals surface area contributed by atoms with Gasteiger partial charge in [-0.15, -0.1) is 5.10 Å². The Balaban J connectivity index is 1.70. The van der Waals surface area contributed by atoms with Gasteiger partial charge in [-0.1, -0.05) is 5.21 Å². The number of imidazole rings is 1. The lowest BCUT2D eigenvalue weighted by atomic mass is 10.1. The zero-order valence-electron chi connectivity index (χ0n) is 16.4. The van der Waals surface area contributed by atoms with Crippen LogP contribution >= 0.6 is 0 Å². The highest BCUT2D eigenvalue weighted by Gasteiger charge is 2.20. The van der Waals surface area contributed by atoms with Crippen LogP contribution in [-0.2, 0) is 18.4 Å². The fourth-order valence-electron chi connectivity index (χ4n) is 3.72. The van der Waals surface area contributed by atoms with E-state index in [2.05, 4.69) is 25.9 Å². The van der Waals surface area contributed by atoms with Crippen molar-refractivity contribution in [2.24, 2.45) is 7.05 Å². The Labute approximate surface area is 166 Å². The summed E-state index contributed by atoms with van der Waals surface area (Å²) >= 11 is 0. The van der Waals surface area contributed by atoms with Crippen molar-refractivity contribution >= 4 is 34.0 Å². The second kappa shape index (κ2) is 6.56. The van der Waals surface area contributed by atoms with Crippen molar-refractivity contribution < 1.29 is 9.53 Å². The summed E-state index contributed by atoms with van der Waals surface area (Å²) in [6.07, 6.45) is 1.88. The van der Waals surface area contributed by atoms with Crippen molar-refractivity contribution in [2.45, 2.75) is 26.5 Å². The Kier molecular flexibility index (Phi) is 3.99. The largest absolute Gasteiger partial charge is 0.375 e. The number of nitrogens with zero attached hydrogens (tertiary/aromatic N) is 5. The van der Waals surface area contributed by atoms with Gasteiger partial charge in [0.25, 0.3) is 5.91 Å². The third-order valence-electron chi connectivity index (χ3n) is 5.08. The number of fused-ring (bicyclic) bond motifs is 5. The van der Waals surface area contributed by atoms with E-state index in [1.165, 1.54) is 0 Å². The monoisotopic (exact) mass is 391 g/mol. The highest BCUT2D eigenvalue weighted by molar-refractivity contribution is 5.95. The van der Waals surface area contributed by atoms with Gasteiger partial charge >= 0.3 is 0 Å². The van der Waals surface area contributed by atoms with Gasteiger partial charge < -0.3 is 15.4 Å². The minimum atomic E-state index is -0.171. The third kappa shape index (κ3) is 2.99. The van der Waals surface area contributed by atoms with E-state index in [9.17, 15) is 4.79 Å². The lowest BCUT2D eigenvalue weighted by molar-refractivity contribution is 0.0815. The molecule has 1 atom stereocenters. The van der Waals surface area contributed by atoms with Crippen molar-refractivity contribution in [1.82, 2.24) is 29.7 Å². The van der Waals surface area contributed by atoms with Crippen LogP contribution in [0.4, 0.5) is 11.4 Å². The van der Waals surface area contributed by atoms with E-state index in [4.69, 9.17) is 4.74 Å². The molecule has 0 radical (unpaired) electrons. The fourth-order valence-corrected chi connectivity index (χ4v) is 3.72. The first kappa shape index (κ1) is 17.6. The maximum Gasteiger partial charge on any atom is 0.270 e. The van der Waals surface area contributed by atoms with Gasteiger partial charge in [0.15, 0.2) is 0 Å². The van der Waals surface area contributed by atoms with Crippen molar-refractivity contribution in [3.05, 3.63) is 47.4 Å². The first-order chi connectivity index (χ1) is 14.0. The maximum atomic E-state index is 12.9. The Morgan fingerprint density at radius 1 is 1.28 bits per heavy atom. The van der Waals surface area contributed by atoms with Crippen LogP contribution in [0.3, 0.4) is 0 Å². The number of carbonyl (C=O) groups is 1. The molecule has 9 nitrogen and oxygen atoms in total. The average molecular weight is 391 g/mol. The molecule has 29 heavy (non-hydrogen) atoms. The average Bonchev–Trinajstić information content (AvgIpc) is 3.20. The summed E-state index contributed by atoms with van der Waals surface area (Å²) in [5.41, 5.74) is 6.26. The van der Waals surface area contributed by atoms with Crippen LogP contribution in [0.15, 0.2) is 30.5 Å². The van der Waals surface area contributed by atoms with Gasteiger partial charge in [0, 0.05) is 19.3 Å². The topological polar surface area (TPSA) is 98.4 Å². The summed E-state index contributed by atoms with van der Waals surface area (Å²) in [5.74, 6) is -0.171. The number of hydrogen-bond donors (Lipinski definition) is 2. The number of aryl methyl sites for hydroxylation is 2. The molecule has 5 rings (SSSR count). The lowest BCUT2D eigenvalue weighted by Crippen LogP contribution is -2.36. The summed E-state index contributed by atoms with van der Waals surface area (Å²) in [6, 6.07) is 7.73. The molecule has 2 N–H and O–H groups in total. The number of anilines is 2. The summed E-state index contributed by atoms with van der Waals surface area (Å²) in [7, 11) is 1.87. The summed E-state index contributed by atoms with van der Waals surface area (Å²) < 4.78 is 9.42. The van der Waals surface area contributed by atoms with Gasteiger partial charge in [-0.3, -0.25) is 9.20 Å². The molecular weight excluding hydrogens is 370 g/mol. The number of carbonyl (C=O) groups excluding carboxylic acids is 1. The maximum absolute atomic E-state index is 12.9. The van der Waals surface area contributed by atoms with E-state index in [-0.39, 0.29) is 11.9 Å². The molecule has 0 spiro atoms. The number of nitrogens with one attached hydrogen (secondary N) is 2. The van der Waals surface area contributed by atoms with E-state index in [0.29, 0.717) is 30.2 Å². The van der Waals surface area contributed by atoms with Crippen LogP contribution < -0.4 is 10.6 Å². The van der Waals surface area contributed by atoms with E-state index < -0.39 is 0 Å². The van der Waals surface area contributed by atoms with E-state index in [1.807, 2.05) is 55.8 Å². The number of ether oxygens (including phenoxy) is 1. The Bertz CT molecular complexity index is 1260. The third-order valence-corrected chi connectivity index (χ3v) is 5.08. The molecule has 0 unspecified atom stereocenters. The SMILES string of the molecule is Cc1nc2ccc3cn2c1C(=O)N[C@H](C)COCc1cc(c2nnn(C)c2c1)N3. The Morgan fingerprint density at radius 3 is 3.00 bits per heavy atom. The predicted molar refractivity (Wildman–Crippen MR) is 108 cm³/mol. The van der Waals surface area contributed by atoms with Crippen LogP contribution in [0.1, 0.15) is 28.7 Å². The summed E-state index contributed by atoms with van der Waals surface area (Å²) in [5, 5.41) is 14.9. The highest BCUT2D eigenvalue weighted by atomic mass is 16.5. The van der Waals surface area contributed by atoms with Gasteiger partial charge in [-0.25, -0.2) is 9.67 Å². The molecule has 4 aromatic rings. The van der Waals surface area contributed by atoms with Crippen molar-refractivity contribution in [3.8, 4) is 0 Å². The second-order valence-corrected chi connectivity index (χ2v) is 7.43. The van der Waals surface area contributed by atoms with Gasteiger partial charge in [-0.05, 0) is 43.7 Å². The molecule has 0 fully saturated rings. The standard InChI is InChI=1S/C20H21N7O2/c1-11-9-29-10-13-6-15(18-16(7-13)26(3)25-24-18)23-14-4-5-17-22-12(2)19(20(28)21-11)27(17)8-14/h4-8,11,23H,9-10H2,1-3H3,(H,21,28)/t11-/m1/s1. The van der Waals surface area contributed by atoms with Crippen LogP contribution in [0.2, 0.25) is 0 Å². The first-order valence-corrected chi connectivity index (χ1v) is 9.46. The normalized spacial score (nSPS) is 17.3. The van der Waals surface area contributed by atoms with Gasteiger partial charge in [0.1, 0.15) is 16.9 Å². The quantitative estimate of drug-likeness (QED) is 0.477. The number of hydrogen-bond acceptors (Lipinski definition) is 6. The number of benzene rings is 1. The minimum absolute atomic E-state index is 0.140. The molecule has 1 aliphatic heterocycles. The van der Waals surface area contributed by atoms with E-state index >= 15 is 0 Å². The molecule has 4 bridgehead atoms. The number of rotatable bonds is 0. The molecule has 0 saturated heterocycles. The van der Waals surface area contributed by atoms with Crippen molar-refractivity contribution in [2.75, 3.05) is 11.9 Å². The highest BCUT2D eigenvalue weighted by Crippen LogP contribution is 2.28. The molecule has 0 saturated carbocycles. The van der Waals surface area contributed by atoms with Crippen molar-refractivity contribution in [3.63, 3.8) is 0 Å². The van der Waals surface area contributed by atoms with Crippen LogP contribution in [0.5, 0.6) is 0 Å². The molecule has 1 aliphatic rings. The van der Waals surface area contributed by atoms with E-state index in [0.717, 1.165) is 28.0 Å². The molecule has 3 aromatic heterocycles. The molecule has 1 amide bonds. The zero-order valence-corrected chi connectivity index (χ0v) is 16.4. The molecular formula is C20H21N7O2. The number of aromatic nitrogens is 5. The molecule has 1 aromatic carbocycles. The number of amides is 1. The summed E-state index contributed by atoms with van der Waals surface area (Å²) in [4.78, 5) is 17.4. The van der Waals surface area contributed by atoms with Crippen LogP contribution in [0.25, 0.3) is 16.7 Å². The smallest absolute Gasteiger partial charge is 0.270 e. The molecule has 4 heterocycles. The zero-order chi connectivity index (χ0) is 20.1. The molecule has 9 heteroatoms. The van der Waals surface area contributed by atoms with Gasteiger partial charge in [0.05, 0.1) is 35.8 Å². The van der Waals surface area contributed by atoms with Gasteiger partial charge in [-0.2, -0.15) is 0 Å². The van der Waals surface area contributed by atoms with Crippen LogP contribution in [0, 0.1) is 6.92 Å². The van der Waals surface area contributed by atoms with Crippen molar-refractivity contribution in [1.29, 1.82) is 0 Å². The van der Waals surface area contributed by atoms with E-state index in [1.54, 1.807) is 4.68 Å². The minimum Gasteiger partial charge on any atom is -0.375 e. The fraction of sp³-hybridized carbons (Fsp3) is 0.300. The molecule has 148 valence electrons. The lowest BCUT2D eigenvalue weighted by Gasteiger charge is -2.16. The molecule has 0 aliphatic carbocycles. The number of pyridine rings is 1. The first-order valence-electron chi connectivity index (χ1n) is 9.46. The summed E-state index contributed by atoms with van der Waals surface area (Å²) in [6.45, 7) is 4.59. The predicted octanol–water partition coefficient (Wildman–Crippen LogP) is 2.32. The van der Waals surface area contributed by atoms with Gasteiger partial charge in [0.2, 0.25) is 0 Å². The Hall–Kier alpha value is -3.46. The Morgan fingerprint density at radius 2 is 2.14 bits per heavy atom.